The van der Waals surface area contributed by atoms with E-state index in [1.807, 2.05) is 43.5 Å². The molecule has 0 saturated carbocycles. The minimum atomic E-state index is -0.465. The third-order valence-electron chi connectivity index (χ3n) is 9.05. The molecule has 2 aromatic carbocycles. The number of nitrogens with one attached hydrogen (secondary N) is 2. The average molecular weight is 632 g/mol. The van der Waals surface area contributed by atoms with Gasteiger partial charge in [0.2, 0.25) is 5.95 Å². The summed E-state index contributed by atoms with van der Waals surface area (Å²) >= 11 is 6.05. The van der Waals surface area contributed by atoms with Gasteiger partial charge in [-0.3, -0.25) is 14.9 Å². The number of likely N-dealkylation sites (N-methyl/N-ethyl adjacent to an activating group) is 1. The Morgan fingerprint density at radius 3 is 2.47 bits per heavy atom. The molecule has 1 aromatic heterocycles. The zero-order valence-corrected chi connectivity index (χ0v) is 28.5. The summed E-state index contributed by atoms with van der Waals surface area (Å²) in [5.41, 5.74) is 2.97. The van der Waals surface area contributed by atoms with Crippen molar-refractivity contribution >= 4 is 40.4 Å². The van der Waals surface area contributed by atoms with Crippen LogP contribution in [0.25, 0.3) is 11.0 Å². The molecule has 0 radical (unpaired) electrons. The number of benzene rings is 2. The third kappa shape index (κ3) is 8.12. The molecule has 0 spiro atoms. The lowest BCUT2D eigenvalue weighted by molar-refractivity contribution is -0.128. The summed E-state index contributed by atoms with van der Waals surface area (Å²) in [4.78, 5) is 35.6. The third-order valence-corrected chi connectivity index (χ3v) is 9.30. The number of carbonyl (C=O) groups is 2. The first-order valence-electron chi connectivity index (χ1n) is 15.5. The Kier molecular flexibility index (Phi) is 10.4. The molecule has 45 heavy (non-hydrogen) atoms. The van der Waals surface area contributed by atoms with Gasteiger partial charge in [0.1, 0.15) is 11.6 Å². The average Bonchev–Trinajstić information content (AvgIpc) is 3.34. The maximum Gasteiger partial charge on any atom is 0.264 e. The van der Waals surface area contributed by atoms with Gasteiger partial charge < -0.3 is 19.7 Å². The standard InChI is InChI=1S/C35H46ClN7O2/c1-23(34(2,3)4)38-21-24-11-16-30-29(18-24)39-33(40-31(44)25-12-14-27(36)15-13-25)43(30)28-10-9-17-42(22-28)32(45)26(20-37)19-35(5,6)41(7)8/h11-16,18-19,23,28,38H,9-10,17,21-22H2,1-8H3,(H,39,40,44)/b26-19+/t23-,28?/m0/s1. The monoisotopic (exact) mass is 631 g/mol. The molecule has 3 aromatic rings. The van der Waals surface area contributed by atoms with E-state index in [0.717, 1.165) is 29.4 Å². The number of fused-ring (bicyclic) bond motifs is 1. The molecule has 1 aliphatic rings. The zero-order valence-electron chi connectivity index (χ0n) is 27.7. The minimum absolute atomic E-state index is 0.123. The van der Waals surface area contributed by atoms with Gasteiger partial charge in [-0.2, -0.15) is 5.26 Å². The number of hydrogen-bond acceptors (Lipinski definition) is 6. The molecule has 2 amide bonds. The number of anilines is 1. The van der Waals surface area contributed by atoms with Gasteiger partial charge in [0.05, 0.1) is 17.1 Å². The predicted octanol–water partition coefficient (Wildman–Crippen LogP) is 6.42. The number of amides is 2. The van der Waals surface area contributed by atoms with E-state index in [2.05, 4.69) is 56.5 Å². The van der Waals surface area contributed by atoms with Crippen LogP contribution in [0.4, 0.5) is 5.95 Å². The minimum Gasteiger partial charge on any atom is -0.336 e. The first-order chi connectivity index (χ1) is 21.1. The second-order valence-electron chi connectivity index (χ2n) is 13.8. The molecular formula is C35H46ClN7O2. The Bertz CT molecular complexity index is 1610. The van der Waals surface area contributed by atoms with E-state index in [4.69, 9.17) is 16.6 Å². The maximum atomic E-state index is 13.6. The van der Waals surface area contributed by atoms with E-state index in [0.29, 0.717) is 42.2 Å². The van der Waals surface area contributed by atoms with Gasteiger partial charge in [0, 0.05) is 41.8 Å². The largest absolute Gasteiger partial charge is 0.336 e. The van der Waals surface area contributed by atoms with Crippen LogP contribution in [0.2, 0.25) is 5.02 Å². The number of rotatable bonds is 9. The Morgan fingerprint density at radius 1 is 1.16 bits per heavy atom. The fourth-order valence-electron chi connectivity index (χ4n) is 5.21. The van der Waals surface area contributed by atoms with Gasteiger partial charge >= 0.3 is 0 Å². The van der Waals surface area contributed by atoms with Crippen LogP contribution in [-0.4, -0.2) is 69.9 Å². The molecule has 2 N–H and O–H groups in total. The second-order valence-corrected chi connectivity index (χ2v) is 14.3. The summed E-state index contributed by atoms with van der Waals surface area (Å²) in [6, 6.07) is 15.2. The number of nitriles is 1. The van der Waals surface area contributed by atoms with E-state index < -0.39 is 5.54 Å². The number of aromatic nitrogens is 2. The van der Waals surface area contributed by atoms with Gasteiger partial charge in [0.25, 0.3) is 11.8 Å². The number of likely N-dealkylation sites (tertiary alicyclic amines) is 1. The Balaban J connectivity index is 1.68. The van der Waals surface area contributed by atoms with Crippen molar-refractivity contribution in [3.8, 4) is 6.07 Å². The normalized spacial score (nSPS) is 17.0. The summed E-state index contributed by atoms with van der Waals surface area (Å²) in [6.07, 6.45) is 3.28. The fraction of sp³-hybridized carbons (Fsp3) is 0.486. The number of halogens is 1. The van der Waals surface area contributed by atoms with E-state index >= 15 is 0 Å². The molecule has 2 heterocycles. The Hall–Kier alpha value is -3.71. The number of nitrogens with zero attached hydrogens (tertiary/aromatic N) is 5. The van der Waals surface area contributed by atoms with Crippen molar-refractivity contribution < 1.29 is 9.59 Å². The molecule has 1 saturated heterocycles. The molecule has 1 unspecified atom stereocenters. The molecule has 4 rings (SSSR count). The van der Waals surface area contributed by atoms with Crippen molar-refractivity contribution in [1.82, 2.24) is 24.7 Å². The smallest absolute Gasteiger partial charge is 0.264 e. The first-order valence-corrected chi connectivity index (χ1v) is 15.9. The van der Waals surface area contributed by atoms with Crippen LogP contribution in [0.3, 0.4) is 0 Å². The number of piperidine rings is 1. The summed E-state index contributed by atoms with van der Waals surface area (Å²) in [5.74, 6) is -0.162. The number of carbonyl (C=O) groups excluding carboxylic acids is 2. The van der Waals surface area contributed by atoms with Crippen molar-refractivity contribution in [3.63, 3.8) is 0 Å². The van der Waals surface area contributed by atoms with E-state index in [-0.39, 0.29) is 28.8 Å². The van der Waals surface area contributed by atoms with Crippen molar-refractivity contribution in [2.24, 2.45) is 5.41 Å². The zero-order chi connectivity index (χ0) is 33.1. The van der Waals surface area contributed by atoms with Crippen molar-refractivity contribution in [1.29, 1.82) is 5.26 Å². The molecule has 1 aliphatic heterocycles. The number of imidazole rings is 1. The van der Waals surface area contributed by atoms with Crippen LogP contribution in [0.15, 0.2) is 54.1 Å². The lowest BCUT2D eigenvalue weighted by Gasteiger charge is -2.35. The highest BCUT2D eigenvalue weighted by Crippen LogP contribution is 2.32. The molecule has 9 nitrogen and oxygen atoms in total. The van der Waals surface area contributed by atoms with Crippen molar-refractivity contribution in [2.45, 2.75) is 78.6 Å². The lowest BCUT2D eigenvalue weighted by atomic mass is 9.88. The van der Waals surface area contributed by atoms with Crippen molar-refractivity contribution in [3.05, 3.63) is 70.3 Å². The molecule has 10 heteroatoms. The molecular weight excluding hydrogens is 586 g/mol. The molecule has 1 fully saturated rings. The van der Waals surface area contributed by atoms with Crippen molar-refractivity contribution in [2.75, 3.05) is 32.5 Å². The summed E-state index contributed by atoms with van der Waals surface area (Å²) in [5, 5.41) is 17.1. The summed E-state index contributed by atoms with van der Waals surface area (Å²) in [7, 11) is 3.84. The molecule has 0 bridgehead atoms. The second kappa shape index (κ2) is 13.7. The van der Waals surface area contributed by atoms with Crippen LogP contribution in [0, 0.1) is 16.7 Å². The van der Waals surface area contributed by atoms with Gasteiger partial charge in [0.15, 0.2) is 0 Å². The van der Waals surface area contributed by atoms with Gasteiger partial charge in [-0.1, -0.05) is 38.4 Å². The van der Waals surface area contributed by atoms with E-state index in [1.54, 1.807) is 35.2 Å². The van der Waals surface area contributed by atoms with E-state index in [1.165, 1.54) is 0 Å². The fourth-order valence-corrected chi connectivity index (χ4v) is 5.33. The Morgan fingerprint density at radius 2 is 1.84 bits per heavy atom. The Labute approximate surface area is 272 Å². The van der Waals surface area contributed by atoms with Crippen LogP contribution in [0.1, 0.15) is 76.3 Å². The maximum absolute atomic E-state index is 13.6. The summed E-state index contributed by atoms with van der Waals surface area (Å²) < 4.78 is 2.04. The highest BCUT2D eigenvalue weighted by molar-refractivity contribution is 6.30. The predicted molar refractivity (Wildman–Crippen MR) is 181 cm³/mol. The molecule has 240 valence electrons. The van der Waals surface area contributed by atoms with Crippen LogP contribution in [0.5, 0.6) is 0 Å². The number of hydrogen-bond donors (Lipinski definition) is 2. The highest BCUT2D eigenvalue weighted by Gasteiger charge is 2.31. The van der Waals surface area contributed by atoms with Gasteiger partial charge in [-0.25, -0.2) is 4.98 Å². The van der Waals surface area contributed by atoms with Gasteiger partial charge in [-0.05, 0) is 101 Å². The molecule has 2 atom stereocenters. The first kappa shape index (κ1) is 34.2. The van der Waals surface area contributed by atoms with Crippen LogP contribution >= 0.6 is 11.6 Å². The van der Waals surface area contributed by atoms with Crippen LogP contribution < -0.4 is 10.6 Å². The lowest BCUT2D eigenvalue weighted by Crippen LogP contribution is -2.43. The van der Waals surface area contributed by atoms with Gasteiger partial charge in [-0.15, -0.1) is 0 Å². The topological polar surface area (TPSA) is 106 Å². The highest BCUT2D eigenvalue weighted by atomic mass is 35.5. The SMILES string of the molecule is C[C@H](NCc1ccc2c(c1)nc(NC(=O)c1ccc(Cl)cc1)n2C1CCCN(C(=O)/C(C#N)=C/C(C)(C)N(C)C)C1)C(C)(C)C. The molecule has 0 aliphatic carbocycles. The summed E-state index contributed by atoms with van der Waals surface area (Å²) in [6.45, 7) is 14.4. The van der Waals surface area contributed by atoms with E-state index in [9.17, 15) is 14.9 Å². The van der Waals surface area contributed by atoms with Crippen LogP contribution in [-0.2, 0) is 11.3 Å². The quantitative estimate of drug-likeness (QED) is 0.209.